The zero-order chi connectivity index (χ0) is 47.2. The molecule has 352 valence electrons. The summed E-state index contributed by atoms with van der Waals surface area (Å²) in [5.41, 5.74) is 0.457. The number of rotatable bonds is 27. The van der Waals surface area contributed by atoms with E-state index < -0.39 is 76.5 Å². The lowest BCUT2D eigenvalue weighted by Gasteiger charge is -2.26. The number of anilines is 1. The number of aromatic nitrogens is 4. The third-order valence-corrected chi connectivity index (χ3v) is 10.1. The Labute approximate surface area is 372 Å². The first-order valence-corrected chi connectivity index (χ1v) is 21.0. The average molecular weight is 934 g/mol. The van der Waals surface area contributed by atoms with Gasteiger partial charge >= 0.3 is 12.3 Å². The van der Waals surface area contributed by atoms with Crippen molar-refractivity contribution in [3.63, 3.8) is 0 Å². The van der Waals surface area contributed by atoms with Gasteiger partial charge in [0.15, 0.2) is 29.9 Å². The van der Waals surface area contributed by atoms with Crippen LogP contribution in [0.3, 0.4) is 0 Å². The Balaban J connectivity index is 1.72. The van der Waals surface area contributed by atoms with Gasteiger partial charge in [-0.2, -0.15) is 4.98 Å². The normalized spacial score (nSPS) is 11.1. The van der Waals surface area contributed by atoms with Gasteiger partial charge in [0.25, 0.3) is 26.1 Å². The SMILES string of the molecule is COc1ccccc1Oc1c(OCCOC(=O)OCCCCCO[N+](=O)[O-])nc(-c2ncccn2)nc1N(COC(=O)OCCOCCO[N+](=O)[O-])S(=O)(=O)c1ccc(C(C)(C)C)cc1. The molecule has 0 aliphatic heterocycles. The third kappa shape index (κ3) is 16.4. The second kappa shape index (κ2) is 25.1. The van der Waals surface area contributed by atoms with Gasteiger partial charge in [-0.3, -0.25) is 0 Å². The molecule has 25 nitrogen and oxygen atoms in total. The molecular formula is C39H47N7O18S. The van der Waals surface area contributed by atoms with Gasteiger partial charge in [0.05, 0.1) is 38.4 Å². The van der Waals surface area contributed by atoms with Crippen molar-refractivity contribution in [3.05, 3.63) is 92.8 Å². The molecule has 0 spiro atoms. The number of nitrogens with zero attached hydrogens (tertiary/aromatic N) is 7. The summed E-state index contributed by atoms with van der Waals surface area (Å²) in [5, 5.41) is 18.8. The minimum atomic E-state index is -4.77. The van der Waals surface area contributed by atoms with E-state index >= 15 is 0 Å². The molecule has 2 aromatic heterocycles. The maximum absolute atomic E-state index is 14.8. The van der Waals surface area contributed by atoms with Crippen LogP contribution in [-0.2, 0) is 48.8 Å². The highest BCUT2D eigenvalue weighted by Gasteiger charge is 2.35. The van der Waals surface area contributed by atoms with Gasteiger partial charge in [-0.15, -0.1) is 20.2 Å². The molecule has 4 aromatic rings. The van der Waals surface area contributed by atoms with E-state index in [9.17, 15) is 38.2 Å². The fraction of sp³-hybridized carbons (Fsp3) is 0.436. The maximum Gasteiger partial charge on any atom is 0.510 e. The number of carbonyl (C=O) groups is 2. The molecule has 0 atom stereocenters. The molecular weight excluding hydrogens is 887 g/mol. The number of ether oxygens (including phenoxy) is 8. The van der Waals surface area contributed by atoms with Crippen LogP contribution in [0.5, 0.6) is 23.1 Å². The highest BCUT2D eigenvalue weighted by Crippen LogP contribution is 2.43. The van der Waals surface area contributed by atoms with Crippen molar-refractivity contribution in [3.8, 4) is 34.8 Å². The van der Waals surface area contributed by atoms with Crippen LogP contribution in [0.15, 0.2) is 71.9 Å². The summed E-state index contributed by atoms with van der Waals surface area (Å²) in [4.78, 5) is 71.5. The maximum atomic E-state index is 14.8. The molecule has 0 saturated heterocycles. The Morgan fingerprint density at radius 1 is 0.692 bits per heavy atom. The summed E-state index contributed by atoms with van der Waals surface area (Å²) < 4.78 is 73.7. The molecule has 0 radical (unpaired) electrons. The highest BCUT2D eigenvalue weighted by atomic mass is 32.2. The summed E-state index contributed by atoms with van der Waals surface area (Å²) in [6.45, 7) is 2.63. The molecule has 0 saturated carbocycles. The highest BCUT2D eigenvalue weighted by molar-refractivity contribution is 7.92. The average Bonchev–Trinajstić information content (AvgIpc) is 3.27. The summed E-state index contributed by atoms with van der Waals surface area (Å²) in [7, 11) is -3.40. The summed E-state index contributed by atoms with van der Waals surface area (Å²) in [6.07, 6.45) is 1.61. The quantitative estimate of drug-likeness (QED) is 0.0235. The number of sulfonamides is 1. The van der Waals surface area contributed by atoms with Crippen LogP contribution >= 0.6 is 0 Å². The summed E-state index contributed by atoms with van der Waals surface area (Å²) in [6, 6.07) is 13.8. The van der Waals surface area contributed by atoms with Gasteiger partial charge < -0.3 is 47.6 Å². The summed E-state index contributed by atoms with van der Waals surface area (Å²) >= 11 is 0. The summed E-state index contributed by atoms with van der Waals surface area (Å²) in [5.74, 6) is -1.56. The first-order chi connectivity index (χ1) is 31.1. The Hall–Kier alpha value is -7.35. The second-order valence-electron chi connectivity index (χ2n) is 13.9. The van der Waals surface area contributed by atoms with E-state index in [1.54, 1.807) is 30.3 Å². The number of hydrogen-bond donors (Lipinski definition) is 0. The van der Waals surface area contributed by atoms with Crippen molar-refractivity contribution in [1.29, 1.82) is 0 Å². The van der Waals surface area contributed by atoms with Crippen molar-refractivity contribution in [2.75, 3.05) is 71.0 Å². The fourth-order valence-electron chi connectivity index (χ4n) is 5.19. The molecule has 65 heavy (non-hydrogen) atoms. The Morgan fingerprint density at radius 3 is 1.95 bits per heavy atom. The topological polar surface area (TPSA) is 302 Å². The number of benzene rings is 2. The first-order valence-electron chi connectivity index (χ1n) is 19.6. The number of para-hydroxylation sites is 2. The van der Waals surface area contributed by atoms with Crippen molar-refractivity contribution < 1.29 is 75.8 Å². The van der Waals surface area contributed by atoms with E-state index in [2.05, 4.69) is 29.6 Å². The van der Waals surface area contributed by atoms with E-state index in [4.69, 9.17) is 37.9 Å². The molecule has 2 heterocycles. The third-order valence-electron chi connectivity index (χ3n) is 8.33. The smallest absolute Gasteiger partial charge is 0.493 e. The predicted octanol–water partition coefficient (Wildman–Crippen LogP) is 5.47. The van der Waals surface area contributed by atoms with Crippen LogP contribution in [0.1, 0.15) is 45.6 Å². The standard InChI is InChI=1S/C39H47N7O18S/c1-39(2,3)28-13-15-29(16-14-28)65(53,54)44(27-61-38(48)59-23-21-56-22-26-63-46(51)52)35-32(64-31-12-7-6-11-30(31)55-4)36(43-34(42-35)33-40-17-10-18-41-33)57-24-25-60-37(47)58-19-8-5-9-20-62-45(49)50/h6-7,10-18H,5,8-9,19-27H2,1-4H3. The fourth-order valence-corrected chi connectivity index (χ4v) is 6.47. The van der Waals surface area contributed by atoms with Crippen molar-refractivity contribution in [2.24, 2.45) is 0 Å². The Morgan fingerprint density at radius 2 is 1.29 bits per heavy atom. The van der Waals surface area contributed by atoms with Crippen molar-refractivity contribution in [2.45, 2.75) is 50.3 Å². The minimum absolute atomic E-state index is 0.0361. The molecule has 0 bridgehead atoms. The lowest BCUT2D eigenvalue weighted by atomic mass is 9.87. The zero-order valence-electron chi connectivity index (χ0n) is 35.7. The van der Waals surface area contributed by atoms with Crippen LogP contribution in [0.4, 0.5) is 15.4 Å². The van der Waals surface area contributed by atoms with E-state index in [0.717, 1.165) is 5.56 Å². The van der Waals surface area contributed by atoms with Gasteiger partial charge in [0, 0.05) is 12.4 Å². The molecule has 0 N–H and O–H groups in total. The van der Waals surface area contributed by atoms with E-state index in [1.807, 2.05) is 20.8 Å². The van der Waals surface area contributed by atoms with E-state index in [1.165, 1.54) is 43.8 Å². The van der Waals surface area contributed by atoms with Crippen LogP contribution in [0.2, 0.25) is 0 Å². The second-order valence-corrected chi connectivity index (χ2v) is 15.8. The molecule has 0 amide bonds. The monoisotopic (exact) mass is 933 g/mol. The van der Waals surface area contributed by atoms with Crippen LogP contribution in [0, 0.1) is 20.2 Å². The van der Waals surface area contributed by atoms with Crippen LogP contribution in [0.25, 0.3) is 11.6 Å². The van der Waals surface area contributed by atoms with Crippen LogP contribution < -0.4 is 18.5 Å². The van der Waals surface area contributed by atoms with Crippen LogP contribution in [-0.4, -0.2) is 118 Å². The minimum Gasteiger partial charge on any atom is -0.493 e. The van der Waals surface area contributed by atoms with Crippen molar-refractivity contribution in [1.82, 2.24) is 19.9 Å². The molecule has 0 unspecified atom stereocenters. The van der Waals surface area contributed by atoms with Gasteiger partial charge in [-0.05, 0) is 60.6 Å². The number of methoxy groups -OCH3 is 1. The van der Waals surface area contributed by atoms with Gasteiger partial charge in [-0.1, -0.05) is 45.0 Å². The van der Waals surface area contributed by atoms with Gasteiger partial charge in [0.2, 0.25) is 11.6 Å². The lowest BCUT2D eigenvalue weighted by Crippen LogP contribution is -2.36. The van der Waals surface area contributed by atoms with E-state index in [-0.39, 0.29) is 66.5 Å². The molecule has 0 fully saturated rings. The Kier molecular flexibility index (Phi) is 19.4. The van der Waals surface area contributed by atoms with Gasteiger partial charge in [0.1, 0.15) is 26.4 Å². The molecule has 2 aromatic carbocycles. The molecule has 26 heteroatoms. The molecule has 4 rings (SSSR count). The number of unbranched alkanes of at least 4 members (excludes halogenated alkanes) is 2. The lowest BCUT2D eigenvalue weighted by molar-refractivity contribution is -0.758. The van der Waals surface area contributed by atoms with E-state index in [0.29, 0.717) is 23.6 Å². The largest absolute Gasteiger partial charge is 0.510 e. The predicted molar refractivity (Wildman–Crippen MR) is 222 cm³/mol. The molecule has 0 aliphatic carbocycles. The zero-order valence-corrected chi connectivity index (χ0v) is 36.5. The first kappa shape index (κ1) is 50.3. The Bertz CT molecular complexity index is 2280. The molecule has 0 aliphatic rings. The number of hydrogen-bond acceptors (Lipinski definition) is 22. The number of carbonyl (C=O) groups excluding carboxylic acids is 2. The van der Waals surface area contributed by atoms with Gasteiger partial charge in [-0.25, -0.2) is 37.3 Å². The van der Waals surface area contributed by atoms with Crippen molar-refractivity contribution >= 4 is 28.2 Å².